The number of carbonyl (C=O) groups excluding carboxylic acids is 1. The van der Waals surface area contributed by atoms with Crippen molar-refractivity contribution < 1.29 is 4.79 Å². The van der Waals surface area contributed by atoms with Crippen molar-refractivity contribution in [1.82, 2.24) is 9.97 Å². The molecule has 0 spiro atoms. The molecule has 1 aromatic carbocycles. The Labute approximate surface area is 142 Å². The van der Waals surface area contributed by atoms with E-state index >= 15 is 0 Å². The average molecular weight is 343 g/mol. The first-order valence-electron chi connectivity index (χ1n) is 7.77. The minimum atomic E-state index is -0.0812. The summed E-state index contributed by atoms with van der Waals surface area (Å²) in [5.41, 5.74) is 1.80. The van der Waals surface area contributed by atoms with Crippen LogP contribution in [0.4, 0.5) is 5.69 Å². The minimum Gasteiger partial charge on any atom is -0.321 e. The van der Waals surface area contributed by atoms with Crippen molar-refractivity contribution in [2.45, 2.75) is 38.5 Å². The molecule has 3 aromatic rings. The summed E-state index contributed by atoms with van der Waals surface area (Å²) in [7, 11) is 0. The summed E-state index contributed by atoms with van der Waals surface area (Å²) in [6.07, 6.45) is 4.10. The fraction of sp³-hybridized carbons (Fsp3) is 0.353. The van der Waals surface area contributed by atoms with Crippen LogP contribution in [-0.2, 0) is 0 Å². The van der Waals surface area contributed by atoms with Gasteiger partial charge in [-0.15, -0.1) is 22.7 Å². The molecule has 1 N–H and O–H groups in total. The molecule has 23 heavy (non-hydrogen) atoms. The number of anilines is 1. The number of aromatic nitrogens is 2. The number of thiazole rings is 2. The highest BCUT2D eigenvalue weighted by Gasteiger charge is 2.27. The predicted octanol–water partition coefficient (Wildman–Crippen LogP) is 5.01. The molecule has 1 amide bonds. The van der Waals surface area contributed by atoms with Gasteiger partial charge in [0.15, 0.2) is 0 Å². The van der Waals surface area contributed by atoms with Crippen molar-refractivity contribution >= 4 is 44.5 Å². The number of nitrogens with one attached hydrogen (secondary N) is 1. The minimum absolute atomic E-state index is 0.0812. The third-order valence-electron chi connectivity index (χ3n) is 3.83. The number of carbonyl (C=O) groups is 1. The molecule has 0 aliphatic heterocycles. The Bertz CT molecular complexity index is 877. The second-order valence-corrected chi connectivity index (χ2v) is 8.30. The van der Waals surface area contributed by atoms with Gasteiger partial charge in [0.1, 0.15) is 4.88 Å². The van der Waals surface area contributed by atoms with Gasteiger partial charge in [0.25, 0.3) is 5.91 Å². The van der Waals surface area contributed by atoms with Crippen molar-refractivity contribution in [2.75, 3.05) is 5.32 Å². The fourth-order valence-corrected chi connectivity index (χ4v) is 4.36. The van der Waals surface area contributed by atoms with Gasteiger partial charge in [-0.1, -0.05) is 13.8 Å². The van der Waals surface area contributed by atoms with E-state index in [1.807, 2.05) is 18.2 Å². The largest absolute Gasteiger partial charge is 0.321 e. The van der Waals surface area contributed by atoms with Gasteiger partial charge in [0, 0.05) is 17.5 Å². The Morgan fingerprint density at radius 2 is 2.13 bits per heavy atom. The zero-order valence-corrected chi connectivity index (χ0v) is 14.6. The first-order chi connectivity index (χ1) is 11.1. The molecule has 1 aliphatic rings. The normalized spacial score (nSPS) is 14.6. The van der Waals surface area contributed by atoms with Gasteiger partial charge in [-0.05, 0) is 31.0 Å². The maximum Gasteiger partial charge on any atom is 0.267 e. The van der Waals surface area contributed by atoms with E-state index in [1.54, 1.807) is 17.5 Å². The van der Waals surface area contributed by atoms with Crippen LogP contribution in [-0.4, -0.2) is 15.9 Å². The van der Waals surface area contributed by atoms with Gasteiger partial charge in [-0.3, -0.25) is 4.79 Å². The smallest absolute Gasteiger partial charge is 0.267 e. The molecule has 0 atom stereocenters. The summed E-state index contributed by atoms with van der Waals surface area (Å²) in [6.45, 7) is 4.28. The maximum absolute atomic E-state index is 12.4. The lowest BCUT2D eigenvalue weighted by Crippen LogP contribution is -2.09. The molecule has 6 heteroatoms. The highest BCUT2D eigenvalue weighted by atomic mass is 32.1. The van der Waals surface area contributed by atoms with Crippen LogP contribution in [0.15, 0.2) is 24.4 Å². The van der Waals surface area contributed by atoms with E-state index in [-0.39, 0.29) is 5.91 Å². The molecule has 4 rings (SSSR count). The van der Waals surface area contributed by atoms with Crippen LogP contribution in [0.2, 0.25) is 0 Å². The highest BCUT2D eigenvalue weighted by Crippen LogP contribution is 2.41. The molecule has 2 aromatic heterocycles. The van der Waals surface area contributed by atoms with E-state index in [1.165, 1.54) is 24.2 Å². The number of nitrogens with zero attached hydrogens (tertiary/aromatic N) is 2. The maximum atomic E-state index is 12.4. The van der Waals surface area contributed by atoms with Gasteiger partial charge in [0.2, 0.25) is 0 Å². The molecule has 2 heterocycles. The molecule has 0 bridgehead atoms. The molecule has 1 aliphatic carbocycles. The van der Waals surface area contributed by atoms with E-state index in [2.05, 4.69) is 29.1 Å². The summed E-state index contributed by atoms with van der Waals surface area (Å²) in [6, 6.07) is 5.88. The predicted molar refractivity (Wildman–Crippen MR) is 95.8 cm³/mol. The van der Waals surface area contributed by atoms with Crippen LogP contribution in [0.5, 0.6) is 0 Å². The molecule has 0 unspecified atom stereocenters. The number of amides is 1. The molecule has 1 saturated carbocycles. The second kappa shape index (κ2) is 5.69. The van der Waals surface area contributed by atoms with Crippen molar-refractivity contribution in [1.29, 1.82) is 0 Å². The van der Waals surface area contributed by atoms with E-state index in [0.29, 0.717) is 16.7 Å². The highest BCUT2D eigenvalue weighted by molar-refractivity contribution is 7.18. The SMILES string of the molecule is CC(C)c1nc2ccc(NC(=O)c3cnc(C4CC4)s3)cc2s1. The lowest BCUT2D eigenvalue weighted by atomic mass is 10.2. The topological polar surface area (TPSA) is 54.9 Å². The van der Waals surface area contributed by atoms with Crippen molar-refractivity contribution in [2.24, 2.45) is 0 Å². The summed E-state index contributed by atoms with van der Waals surface area (Å²) < 4.78 is 1.11. The van der Waals surface area contributed by atoms with Gasteiger partial charge >= 0.3 is 0 Å². The van der Waals surface area contributed by atoms with Crippen LogP contribution in [0.1, 0.15) is 58.2 Å². The van der Waals surface area contributed by atoms with Crippen LogP contribution >= 0.6 is 22.7 Å². The quantitative estimate of drug-likeness (QED) is 0.725. The molecule has 4 nitrogen and oxygen atoms in total. The molecule has 118 valence electrons. The fourth-order valence-electron chi connectivity index (χ4n) is 2.37. The van der Waals surface area contributed by atoms with Crippen molar-refractivity contribution in [3.63, 3.8) is 0 Å². The Kier molecular flexibility index (Phi) is 3.66. The standard InChI is InChI=1S/C17H17N3OS2/c1-9(2)16-20-12-6-5-11(7-13(12)22-16)19-15(21)14-8-18-17(23-14)10-3-4-10/h5-10H,3-4H2,1-2H3,(H,19,21). The van der Waals surface area contributed by atoms with E-state index in [0.717, 1.165) is 25.9 Å². The first kappa shape index (κ1) is 14.8. The number of rotatable bonds is 4. The number of hydrogen-bond donors (Lipinski definition) is 1. The van der Waals surface area contributed by atoms with Crippen LogP contribution < -0.4 is 5.32 Å². The summed E-state index contributed by atoms with van der Waals surface area (Å²) in [5.74, 6) is 0.926. The number of fused-ring (bicyclic) bond motifs is 1. The zero-order valence-electron chi connectivity index (χ0n) is 13.0. The summed E-state index contributed by atoms with van der Waals surface area (Å²) in [5, 5.41) is 5.19. The second-order valence-electron chi connectivity index (χ2n) is 6.18. The Balaban J connectivity index is 1.54. The molecule has 0 radical (unpaired) electrons. The van der Waals surface area contributed by atoms with Crippen molar-refractivity contribution in [3.8, 4) is 0 Å². The van der Waals surface area contributed by atoms with Gasteiger partial charge < -0.3 is 5.32 Å². The number of benzene rings is 1. The molecular weight excluding hydrogens is 326 g/mol. The Morgan fingerprint density at radius 3 is 2.87 bits per heavy atom. The van der Waals surface area contributed by atoms with Crippen LogP contribution in [0, 0.1) is 0 Å². The van der Waals surface area contributed by atoms with Crippen molar-refractivity contribution in [3.05, 3.63) is 39.3 Å². The summed E-state index contributed by atoms with van der Waals surface area (Å²) >= 11 is 3.20. The van der Waals surface area contributed by atoms with E-state index < -0.39 is 0 Å². The molecule has 0 saturated heterocycles. The van der Waals surface area contributed by atoms with Gasteiger partial charge in [0.05, 0.1) is 26.4 Å². The molecular formula is C17H17N3OS2. The average Bonchev–Trinajstić information content (AvgIpc) is 3.10. The third kappa shape index (κ3) is 3.01. The first-order valence-corrected chi connectivity index (χ1v) is 9.41. The monoisotopic (exact) mass is 343 g/mol. The summed E-state index contributed by atoms with van der Waals surface area (Å²) in [4.78, 5) is 22.0. The van der Waals surface area contributed by atoms with Crippen LogP contribution in [0.25, 0.3) is 10.2 Å². The lowest BCUT2D eigenvalue weighted by molar-refractivity contribution is 0.103. The Hall–Kier alpha value is -1.79. The van der Waals surface area contributed by atoms with Gasteiger partial charge in [-0.2, -0.15) is 0 Å². The Morgan fingerprint density at radius 1 is 1.30 bits per heavy atom. The van der Waals surface area contributed by atoms with Gasteiger partial charge in [-0.25, -0.2) is 9.97 Å². The lowest BCUT2D eigenvalue weighted by Gasteiger charge is -2.02. The zero-order chi connectivity index (χ0) is 16.0. The number of hydrogen-bond acceptors (Lipinski definition) is 5. The van der Waals surface area contributed by atoms with Crippen LogP contribution in [0.3, 0.4) is 0 Å². The van der Waals surface area contributed by atoms with E-state index in [4.69, 9.17) is 0 Å². The van der Waals surface area contributed by atoms with E-state index in [9.17, 15) is 4.79 Å². The third-order valence-corrected chi connectivity index (χ3v) is 6.31. The molecule has 1 fully saturated rings.